The van der Waals surface area contributed by atoms with E-state index in [4.69, 9.17) is 0 Å². The van der Waals surface area contributed by atoms with Crippen LogP contribution < -0.4 is 0 Å². The van der Waals surface area contributed by atoms with E-state index in [1.54, 1.807) is 11.8 Å². The minimum Gasteiger partial charge on any atom is -0.236 e. The van der Waals surface area contributed by atoms with Gasteiger partial charge in [-0.3, -0.25) is 0 Å². The van der Waals surface area contributed by atoms with Crippen LogP contribution in [-0.4, -0.2) is 12.9 Å². The number of benzene rings is 1. The van der Waals surface area contributed by atoms with Crippen molar-refractivity contribution in [3.8, 4) is 0 Å². The molecule has 1 aromatic carbocycles. The normalized spacial score (nSPS) is 10.0. The van der Waals surface area contributed by atoms with Crippen molar-refractivity contribution >= 4 is 11.8 Å². The molecule has 0 aliphatic carbocycles. The molecule has 0 saturated carbocycles. The average Bonchev–Trinajstić information content (AvgIpc) is 2.06. The highest BCUT2D eigenvalue weighted by Gasteiger charge is 1.93. The van der Waals surface area contributed by atoms with Crippen LogP contribution in [0.4, 0.5) is 0 Å². The van der Waals surface area contributed by atoms with Gasteiger partial charge in [0.05, 0.1) is 6.61 Å². The van der Waals surface area contributed by atoms with Gasteiger partial charge in [-0.2, -0.15) is 0 Å². The molecule has 1 aromatic rings. The molecule has 0 atom stereocenters. The summed E-state index contributed by atoms with van der Waals surface area (Å²) < 4.78 is 0. The lowest BCUT2D eigenvalue weighted by atomic mass is 10.2. The van der Waals surface area contributed by atoms with Crippen LogP contribution in [0.3, 0.4) is 0 Å². The molecule has 1 rings (SSSR count). The summed E-state index contributed by atoms with van der Waals surface area (Å²) in [4.78, 5) is 1.23. The Morgan fingerprint density at radius 3 is 2.91 bits per heavy atom. The summed E-state index contributed by atoms with van der Waals surface area (Å²) in [6.45, 7) is -0.0160. The molecule has 1 radical (unpaired) electrons. The number of hydrogen-bond acceptors (Lipinski definition) is 1. The van der Waals surface area contributed by atoms with Crippen molar-refractivity contribution < 1.29 is 5.11 Å². The summed E-state index contributed by atoms with van der Waals surface area (Å²) in [5.74, 6) is 0. The molecular weight excluding hydrogens is 156 g/mol. The topological polar surface area (TPSA) is 19.9 Å². The van der Waals surface area contributed by atoms with Crippen molar-refractivity contribution in [3.05, 3.63) is 29.8 Å². The van der Waals surface area contributed by atoms with Crippen LogP contribution in [0.15, 0.2) is 29.2 Å². The molecular formula is C9H11OS. The van der Waals surface area contributed by atoms with E-state index in [-0.39, 0.29) is 6.61 Å². The largest absolute Gasteiger partial charge is 0.236 e. The molecule has 0 bridgehead atoms. The van der Waals surface area contributed by atoms with Crippen LogP contribution in [0.25, 0.3) is 0 Å². The third-order valence-electron chi connectivity index (χ3n) is 1.52. The first-order valence-corrected chi connectivity index (χ1v) is 4.80. The molecule has 0 amide bonds. The first kappa shape index (κ1) is 8.62. The zero-order chi connectivity index (χ0) is 8.10. The van der Waals surface area contributed by atoms with Crippen molar-refractivity contribution in [2.24, 2.45) is 0 Å². The first-order valence-electron chi connectivity index (χ1n) is 3.58. The fourth-order valence-corrected chi connectivity index (χ4v) is 1.43. The second kappa shape index (κ2) is 4.42. The molecule has 0 heterocycles. The van der Waals surface area contributed by atoms with E-state index < -0.39 is 0 Å². The van der Waals surface area contributed by atoms with Crippen molar-refractivity contribution in [3.63, 3.8) is 0 Å². The van der Waals surface area contributed by atoms with Gasteiger partial charge < -0.3 is 0 Å². The molecule has 2 heteroatoms. The van der Waals surface area contributed by atoms with Crippen molar-refractivity contribution in [2.75, 3.05) is 12.9 Å². The van der Waals surface area contributed by atoms with Crippen LogP contribution in [0, 0.1) is 0 Å². The third kappa shape index (κ3) is 2.56. The van der Waals surface area contributed by atoms with Gasteiger partial charge in [0.2, 0.25) is 0 Å². The van der Waals surface area contributed by atoms with E-state index in [1.807, 2.05) is 18.4 Å². The van der Waals surface area contributed by atoms with E-state index >= 15 is 0 Å². The molecule has 0 N–H and O–H groups in total. The smallest absolute Gasteiger partial charge is 0.0862 e. The van der Waals surface area contributed by atoms with E-state index in [0.717, 1.165) is 5.56 Å². The Morgan fingerprint density at radius 1 is 1.45 bits per heavy atom. The predicted octanol–water partition coefficient (Wildman–Crippen LogP) is 2.38. The Morgan fingerprint density at radius 2 is 2.27 bits per heavy atom. The van der Waals surface area contributed by atoms with Crippen molar-refractivity contribution in [1.82, 2.24) is 0 Å². The quantitative estimate of drug-likeness (QED) is 0.633. The lowest BCUT2D eigenvalue weighted by Gasteiger charge is -1.99. The third-order valence-corrected chi connectivity index (χ3v) is 2.25. The highest BCUT2D eigenvalue weighted by molar-refractivity contribution is 7.98. The average molecular weight is 167 g/mol. The predicted molar refractivity (Wildman–Crippen MR) is 47.5 cm³/mol. The summed E-state index contributed by atoms with van der Waals surface area (Å²) in [6.07, 6.45) is 2.69. The molecule has 59 valence electrons. The number of thioether (sulfide) groups is 1. The standard InChI is InChI=1S/C9H11OS/c1-11-9-4-2-3-8(7-9)5-6-10/h2-4,7H,5-6H2,1H3. The molecule has 0 spiro atoms. The van der Waals surface area contributed by atoms with Crippen LogP contribution in [0.2, 0.25) is 0 Å². The van der Waals surface area contributed by atoms with Crippen LogP contribution >= 0.6 is 11.8 Å². The summed E-state index contributed by atoms with van der Waals surface area (Å²) in [6, 6.07) is 8.12. The molecule has 11 heavy (non-hydrogen) atoms. The highest BCUT2D eigenvalue weighted by atomic mass is 32.2. The lowest BCUT2D eigenvalue weighted by Crippen LogP contribution is -1.88. The maximum Gasteiger partial charge on any atom is 0.0862 e. The van der Waals surface area contributed by atoms with Crippen LogP contribution in [0.5, 0.6) is 0 Å². The molecule has 1 nitrogen and oxygen atoms in total. The molecule has 0 aromatic heterocycles. The summed E-state index contributed by atoms with van der Waals surface area (Å²) in [5.41, 5.74) is 1.15. The van der Waals surface area contributed by atoms with Gasteiger partial charge in [0.1, 0.15) is 0 Å². The van der Waals surface area contributed by atoms with Gasteiger partial charge >= 0.3 is 0 Å². The van der Waals surface area contributed by atoms with Gasteiger partial charge in [-0.1, -0.05) is 12.1 Å². The van der Waals surface area contributed by atoms with Gasteiger partial charge in [-0.05, 0) is 30.4 Å². The summed E-state index contributed by atoms with van der Waals surface area (Å²) in [7, 11) is 0. The molecule has 0 saturated heterocycles. The fourth-order valence-electron chi connectivity index (χ4n) is 0.946. The van der Waals surface area contributed by atoms with Gasteiger partial charge in [0, 0.05) is 4.90 Å². The van der Waals surface area contributed by atoms with Gasteiger partial charge in [-0.15, -0.1) is 11.8 Å². The second-order valence-corrected chi connectivity index (χ2v) is 3.19. The van der Waals surface area contributed by atoms with E-state index in [9.17, 15) is 5.11 Å². The van der Waals surface area contributed by atoms with Gasteiger partial charge in [0.15, 0.2) is 0 Å². The molecule has 0 aliphatic heterocycles. The van der Waals surface area contributed by atoms with Gasteiger partial charge in [0.25, 0.3) is 0 Å². The minimum atomic E-state index is -0.0160. The molecule has 0 unspecified atom stereocenters. The molecule has 0 aliphatic rings. The Hall–Kier alpha value is -0.470. The highest BCUT2D eigenvalue weighted by Crippen LogP contribution is 2.15. The fraction of sp³-hybridized carbons (Fsp3) is 0.333. The monoisotopic (exact) mass is 167 g/mol. The second-order valence-electron chi connectivity index (χ2n) is 2.31. The van der Waals surface area contributed by atoms with Crippen molar-refractivity contribution in [1.29, 1.82) is 0 Å². The Bertz CT molecular complexity index is 223. The van der Waals surface area contributed by atoms with Gasteiger partial charge in [-0.25, -0.2) is 5.11 Å². The number of hydrogen-bond donors (Lipinski definition) is 0. The van der Waals surface area contributed by atoms with E-state index in [2.05, 4.69) is 12.1 Å². The maximum absolute atomic E-state index is 10.3. The number of rotatable bonds is 3. The Balaban J connectivity index is 2.74. The minimum absolute atomic E-state index is 0.0160. The zero-order valence-corrected chi connectivity index (χ0v) is 7.36. The maximum atomic E-state index is 10.3. The van der Waals surface area contributed by atoms with Crippen LogP contribution in [-0.2, 0) is 11.5 Å². The molecule has 0 fully saturated rings. The van der Waals surface area contributed by atoms with Crippen molar-refractivity contribution in [2.45, 2.75) is 11.3 Å². The summed E-state index contributed by atoms with van der Waals surface area (Å²) >= 11 is 1.71. The Labute approximate surface area is 71.4 Å². The first-order chi connectivity index (χ1) is 5.36. The van der Waals surface area contributed by atoms with E-state index in [1.165, 1.54) is 4.90 Å². The zero-order valence-electron chi connectivity index (χ0n) is 6.54. The Kier molecular flexibility index (Phi) is 3.46. The van der Waals surface area contributed by atoms with Crippen LogP contribution in [0.1, 0.15) is 5.56 Å². The summed E-state index contributed by atoms with van der Waals surface area (Å²) in [5, 5.41) is 10.3. The lowest BCUT2D eigenvalue weighted by molar-refractivity contribution is 0.197. The van der Waals surface area contributed by atoms with E-state index in [0.29, 0.717) is 6.42 Å². The SMILES string of the molecule is CSc1cccc(CC[O])c1.